The molecule has 3 aromatic rings. The van der Waals surface area contributed by atoms with Gasteiger partial charge in [0.2, 0.25) is 5.91 Å². The van der Waals surface area contributed by atoms with E-state index in [1.807, 2.05) is 30.3 Å². The summed E-state index contributed by atoms with van der Waals surface area (Å²) in [6.07, 6.45) is -0.0634. The molecule has 2 aromatic carbocycles. The maximum Gasteiger partial charge on any atom is 0.340 e. The summed E-state index contributed by atoms with van der Waals surface area (Å²) in [7, 11) is 3.06. The van der Waals surface area contributed by atoms with Crippen molar-refractivity contribution in [3.63, 3.8) is 0 Å². The molecule has 0 unspecified atom stereocenters. The van der Waals surface area contributed by atoms with Crippen LogP contribution in [0.1, 0.15) is 16.7 Å². The lowest BCUT2D eigenvalue weighted by Gasteiger charge is -2.12. The van der Waals surface area contributed by atoms with Crippen molar-refractivity contribution >= 4 is 16.9 Å². The number of nitrogens with one attached hydrogen (secondary N) is 1. The Morgan fingerprint density at radius 2 is 1.85 bits per heavy atom. The van der Waals surface area contributed by atoms with Gasteiger partial charge in [-0.05, 0) is 18.1 Å². The second-order valence-electron chi connectivity index (χ2n) is 6.13. The predicted molar refractivity (Wildman–Crippen MR) is 102 cm³/mol. The van der Waals surface area contributed by atoms with Crippen molar-refractivity contribution in [3.8, 4) is 11.5 Å². The van der Waals surface area contributed by atoms with Crippen molar-refractivity contribution in [2.24, 2.45) is 0 Å². The number of ether oxygens (including phenoxy) is 2. The van der Waals surface area contributed by atoms with Crippen LogP contribution in [0.25, 0.3) is 11.0 Å². The summed E-state index contributed by atoms with van der Waals surface area (Å²) in [6.45, 7) is 2.19. The number of rotatable bonds is 6. The second kappa shape index (κ2) is 7.95. The number of benzene rings is 2. The highest BCUT2D eigenvalue weighted by Crippen LogP contribution is 2.33. The molecule has 0 aliphatic carbocycles. The van der Waals surface area contributed by atoms with Crippen LogP contribution in [0.15, 0.2) is 51.7 Å². The van der Waals surface area contributed by atoms with Crippen molar-refractivity contribution in [2.75, 3.05) is 14.2 Å². The van der Waals surface area contributed by atoms with E-state index >= 15 is 0 Å². The molecule has 6 heteroatoms. The van der Waals surface area contributed by atoms with Crippen molar-refractivity contribution in [1.82, 2.24) is 5.32 Å². The maximum absolute atomic E-state index is 12.4. The van der Waals surface area contributed by atoms with Gasteiger partial charge >= 0.3 is 5.63 Å². The Hall–Kier alpha value is -3.28. The molecule has 0 bridgehead atoms. The predicted octanol–water partition coefficient (Wildman–Crippen LogP) is 2.98. The zero-order valence-corrected chi connectivity index (χ0v) is 15.5. The smallest absolute Gasteiger partial charge is 0.340 e. The zero-order valence-electron chi connectivity index (χ0n) is 15.5. The quantitative estimate of drug-likeness (QED) is 0.678. The third-order valence-corrected chi connectivity index (χ3v) is 4.44. The van der Waals surface area contributed by atoms with Gasteiger partial charge in [-0.3, -0.25) is 4.79 Å². The second-order valence-corrected chi connectivity index (χ2v) is 6.13. The van der Waals surface area contributed by atoms with E-state index in [0.29, 0.717) is 40.1 Å². The Balaban J connectivity index is 1.90. The highest BCUT2D eigenvalue weighted by molar-refractivity contribution is 5.90. The zero-order chi connectivity index (χ0) is 19.4. The number of aryl methyl sites for hydroxylation is 1. The Kier molecular flexibility index (Phi) is 5.45. The first-order valence-electron chi connectivity index (χ1n) is 8.52. The van der Waals surface area contributed by atoms with Gasteiger partial charge in [0, 0.05) is 18.7 Å². The number of hydrogen-bond acceptors (Lipinski definition) is 5. The fourth-order valence-corrected chi connectivity index (χ4v) is 2.98. The Morgan fingerprint density at radius 1 is 1.11 bits per heavy atom. The van der Waals surface area contributed by atoms with Gasteiger partial charge in [-0.1, -0.05) is 30.3 Å². The molecule has 27 heavy (non-hydrogen) atoms. The van der Waals surface area contributed by atoms with Gasteiger partial charge in [0.05, 0.1) is 31.6 Å². The number of carbonyl (C=O) groups excluding carboxylic acids is 1. The van der Waals surface area contributed by atoms with Crippen LogP contribution in [0.4, 0.5) is 0 Å². The molecule has 140 valence electrons. The van der Waals surface area contributed by atoms with E-state index in [9.17, 15) is 9.59 Å². The summed E-state index contributed by atoms with van der Waals surface area (Å²) < 4.78 is 16.0. The highest BCUT2D eigenvalue weighted by atomic mass is 16.5. The minimum atomic E-state index is -0.537. The molecule has 0 aliphatic rings. The summed E-state index contributed by atoms with van der Waals surface area (Å²) >= 11 is 0. The van der Waals surface area contributed by atoms with Crippen LogP contribution in [0.3, 0.4) is 0 Å². The minimum absolute atomic E-state index is 0.0634. The molecular formula is C21H21NO5. The van der Waals surface area contributed by atoms with Gasteiger partial charge in [-0.15, -0.1) is 0 Å². The van der Waals surface area contributed by atoms with Crippen molar-refractivity contribution in [1.29, 1.82) is 0 Å². The number of hydrogen-bond donors (Lipinski definition) is 1. The van der Waals surface area contributed by atoms with Crippen molar-refractivity contribution in [2.45, 2.75) is 19.9 Å². The SMILES string of the molecule is COc1cc(OC)c2c(C)c(CC(=O)NCc3ccccc3)c(=O)oc2c1. The summed E-state index contributed by atoms with van der Waals surface area (Å²) in [4.78, 5) is 24.8. The largest absolute Gasteiger partial charge is 0.496 e. The van der Waals surface area contributed by atoms with Gasteiger partial charge in [0.25, 0.3) is 0 Å². The van der Waals surface area contributed by atoms with Gasteiger partial charge in [-0.25, -0.2) is 4.79 Å². The van der Waals surface area contributed by atoms with Gasteiger partial charge < -0.3 is 19.2 Å². The third-order valence-electron chi connectivity index (χ3n) is 4.44. The number of carbonyl (C=O) groups is 1. The normalized spacial score (nSPS) is 10.6. The Labute approximate surface area is 156 Å². The van der Waals surface area contributed by atoms with Crippen LogP contribution in [0, 0.1) is 6.92 Å². The first-order chi connectivity index (χ1) is 13.0. The van der Waals surface area contributed by atoms with Crippen LogP contribution in [-0.2, 0) is 17.8 Å². The molecule has 3 rings (SSSR count). The van der Waals surface area contributed by atoms with Gasteiger partial charge in [-0.2, -0.15) is 0 Å². The van der Waals surface area contributed by atoms with E-state index in [0.717, 1.165) is 5.56 Å². The molecule has 0 aliphatic heterocycles. The first kappa shape index (κ1) is 18.5. The average Bonchev–Trinajstić information content (AvgIpc) is 2.69. The van der Waals surface area contributed by atoms with Crippen LogP contribution >= 0.6 is 0 Å². The molecule has 0 atom stereocenters. The maximum atomic E-state index is 12.4. The average molecular weight is 367 g/mol. The molecule has 1 amide bonds. The van der Waals surface area contributed by atoms with E-state index < -0.39 is 5.63 Å². The third kappa shape index (κ3) is 3.95. The summed E-state index contributed by atoms with van der Waals surface area (Å²) in [5.41, 5.74) is 1.79. The van der Waals surface area contributed by atoms with Crippen molar-refractivity contribution < 1.29 is 18.7 Å². The van der Waals surface area contributed by atoms with Crippen LogP contribution in [0.2, 0.25) is 0 Å². The molecule has 1 N–H and O–H groups in total. The lowest BCUT2D eigenvalue weighted by molar-refractivity contribution is -0.120. The van der Waals surface area contributed by atoms with E-state index in [2.05, 4.69) is 5.32 Å². The van der Waals surface area contributed by atoms with Crippen LogP contribution in [-0.4, -0.2) is 20.1 Å². The van der Waals surface area contributed by atoms with Crippen molar-refractivity contribution in [3.05, 3.63) is 69.6 Å². The molecule has 0 saturated heterocycles. The van der Waals surface area contributed by atoms with Gasteiger partial charge in [0.1, 0.15) is 17.1 Å². The van der Waals surface area contributed by atoms with E-state index in [4.69, 9.17) is 13.9 Å². The molecule has 0 radical (unpaired) electrons. The molecule has 0 fully saturated rings. The summed E-state index contributed by atoms with van der Waals surface area (Å²) in [5.74, 6) is 0.799. The van der Waals surface area contributed by atoms with Crippen LogP contribution in [0.5, 0.6) is 11.5 Å². The topological polar surface area (TPSA) is 77.8 Å². The molecular weight excluding hydrogens is 346 g/mol. The molecule has 0 saturated carbocycles. The van der Waals surface area contributed by atoms with Crippen LogP contribution < -0.4 is 20.4 Å². The van der Waals surface area contributed by atoms with E-state index in [1.54, 1.807) is 19.1 Å². The molecule has 1 aromatic heterocycles. The highest BCUT2D eigenvalue weighted by Gasteiger charge is 2.18. The van der Waals surface area contributed by atoms with E-state index in [1.165, 1.54) is 14.2 Å². The van der Waals surface area contributed by atoms with E-state index in [-0.39, 0.29) is 12.3 Å². The van der Waals surface area contributed by atoms with Gasteiger partial charge in [0.15, 0.2) is 0 Å². The lowest BCUT2D eigenvalue weighted by Crippen LogP contribution is -2.27. The molecule has 1 heterocycles. The Bertz CT molecular complexity index is 1020. The minimum Gasteiger partial charge on any atom is -0.496 e. The molecule has 6 nitrogen and oxygen atoms in total. The molecule has 0 spiro atoms. The lowest BCUT2D eigenvalue weighted by atomic mass is 10.0. The fourth-order valence-electron chi connectivity index (χ4n) is 2.98. The summed E-state index contributed by atoms with van der Waals surface area (Å²) in [5, 5.41) is 3.48. The summed E-state index contributed by atoms with van der Waals surface area (Å²) in [6, 6.07) is 12.9. The monoisotopic (exact) mass is 367 g/mol. The fraction of sp³-hybridized carbons (Fsp3) is 0.238. The first-order valence-corrected chi connectivity index (χ1v) is 8.52. The standard InChI is InChI=1S/C21H21NO5/c1-13-16(11-19(23)22-12-14-7-5-4-6-8-14)21(24)27-18-10-15(25-2)9-17(26-3)20(13)18/h4-10H,11-12H2,1-3H3,(H,22,23). The number of methoxy groups -OCH3 is 2. The number of amides is 1. The number of fused-ring (bicyclic) bond motifs is 1. The Morgan fingerprint density at radius 3 is 2.52 bits per heavy atom.